The van der Waals surface area contributed by atoms with Crippen LogP contribution in [0.15, 0.2) is 48.7 Å². The molecule has 9 heteroatoms. The molecule has 1 aliphatic rings. The summed E-state index contributed by atoms with van der Waals surface area (Å²) >= 11 is 0. The van der Waals surface area contributed by atoms with Crippen molar-refractivity contribution in [1.29, 1.82) is 0 Å². The summed E-state index contributed by atoms with van der Waals surface area (Å²) < 4.78 is 44.7. The fraction of sp³-hybridized carbons (Fsp3) is 0.478. The van der Waals surface area contributed by atoms with E-state index in [9.17, 15) is 17.6 Å². The van der Waals surface area contributed by atoms with Crippen molar-refractivity contribution >= 4 is 16.0 Å². The number of hydrogen-bond donors (Lipinski definition) is 2. The number of rotatable bonds is 8. The first-order valence-corrected chi connectivity index (χ1v) is 12.3. The molecule has 0 aliphatic carbocycles. The van der Waals surface area contributed by atoms with E-state index in [1.54, 1.807) is 24.4 Å². The molecule has 174 valence electrons. The number of likely N-dealkylation sites (tertiary alicyclic amines) is 1. The molecule has 1 saturated heterocycles. The Kier molecular flexibility index (Phi) is 7.63. The van der Waals surface area contributed by atoms with Gasteiger partial charge in [-0.1, -0.05) is 18.2 Å². The summed E-state index contributed by atoms with van der Waals surface area (Å²) in [7, 11) is -4.01. The lowest BCUT2D eigenvalue weighted by Crippen LogP contribution is -2.50. The number of nitrogens with zero attached hydrogens (tertiary/aromatic N) is 2. The van der Waals surface area contributed by atoms with Crippen molar-refractivity contribution in [3.05, 3.63) is 65.7 Å². The van der Waals surface area contributed by atoms with E-state index in [0.29, 0.717) is 38.0 Å². The maximum absolute atomic E-state index is 13.4. The fourth-order valence-corrected chi connectivity index (χ4v) is 4.83. The minimum atomic E-state index is -4.01. The number of carbonyl (C=O) groups excluding carboxylic acids is 1. The van der Waals surface area contributed by atoms with Crippen molar-refractivity contribution in [2.45, 2.75) is 44.7 Å². The van der Waals surface area contributed by atoms with E-state index in [-0.39, 0.29) is 23.4 Å². The molecule has 1 amide bonds. The normalized spacial score (nSPS) is 17.1. The minimum absolute atomic E-state index is 0.0830. The lowest BCUT2D eigenvalue weighted by Gasteiger charge is -2.42. The van der Waals surface area contributed by atoms with Gasteiger partial charge >= 0.3 is 0 Å². The van der Waals surface area contributed by atoms with Gasteiger partial charge in [0.15, 0.2) is 0 Å². The molecule has 1 fully saturated rings. The summed E-state index contributed by atoms with van der Waals surface area (Å²) in [5, 5.41) is 3.08. The molecule has 1 aliphatic heterocycles. The van der Waals surface area contributed by atoms with E-state index in [1.165, 1.54) is 12.1 Å². The minimum Gasteiger partial charge on any atom is -0.343 e. The van der Waals surface area contributed by atoms with Crippen molar-refractivity contribution in [3.63, 3.8) is 0 Å². The molecule has 2 aromatic rings. The number of nitrogens with one attached hydrogen (secondary N) is 1. The van der Waals surface area contributed by atoms with Gasteiger partial charge in [0, 0.05) is 17.7 Å². The molecule has 0 spiro atoms. The summed E-state index contributed by atoms with van der Waals surface area (Å²) in [5.41, 5.74) is 1.03. The van der Waals surface area contributed by atoms with Crippen LogP contribution in [0, 0.1) is 11.7 Å². The van der Waals surface area contributed by atoms with Crippen LogP contribution in [0.1, 0.15) is 50.4 Å². The highest BCUT2D eigenvalue weighted by Gasteiger charge is 2.34. The molecular weight excluding hydrogens is 433 g/mol. The monoisotopic (exact) mass is 463 g/mol. The predicted octanol–water partition coefficient (Wildman–Crippen LogP) is 3.19. The Balaban J connectivity index is 1.65. The van der Waals surface area contributed by atoms with Crippen molar-refractivity contribution < 1.29 is 22.2 Å². The average Bonchev–Trinajstić information content (AvgIpc) is 2.77. The highest BCUT2D eigenvalue weighted by molar-refractivity contribution is 7.85. The highest BCUT2D eigenvalue weighted by atomic mass is 32.2. The van der Waals surface area contributed by atoms with Crippen molar-refractivity contribution in [2.75, 3.05) is 18.8 Å². The van der Waals surface area contributed by atoms with E-state index in [2.05, 4.69) is 15.2 Å². The van der Waals surface area contributed by atoms with Crippen LogP contribution in [0.4, 0.5) is 4.39 Å². The predicted molar refractivity (Wildman–Crippen MR) is 120 cm³/mol. The second-order valence-corrected chi connectivity index (χ2v) is 10.4. The number of amides is 1. The average molecular weight is 464 g/mol. The maximum atomic E-state index is 13.4. The number of aromatic nitrogens is 1. The van der Waals surface area contributed by atoms with E-state index in [4.69, 9.17) is 4.55 Å². The first kappa shape index (κ1) is 24.3. The third-order valence-electron chi connectivity index (χ3n) is 6.17. The van der Waals surface area contributed by atoms with Crippen LogP contribution >= 0.6 is 0 Å². The Hall–Kier alpha value is -2.36. The number of hydrogen-bond acceptors (Lipinski definition) is 5. The molecule has 1 aromatic carbocycles. The van der Waals surface area contributed by atoms with Crippen LogP contribution in [0.5, 0.6) is 0 Å². The molecule has 3 rings (SSSR count). The Morgan fingerprint density at radius 3 is 2.44 bits per heavy atom. The molecule has 0 radical (unpaired) electrons. The number of pyridine rings is 1. The lowest BCUT2D eigenvalue weighted by molar-refractivity contribution is -0.127. The van der Waals surface area contributed by atoms with Crippen molar-refractivity contribution in [3.8, 4) is 0 Å². The number of benzene rings is 1. The van der Waals surface area contributed by atoms with Gasteiger partial charge in [0.1, 0.15) is 5.82 Å². The quantitative estimate of drug-likeness (QED) is 0.584. The van der Waals surface area contributed by atoms with E-state index >= 15 is 0 Å². The summed E-state index contributed by atoms with van der Waals surface area (Å²) in [4.78, 5) is 19.6. The number of piperidine rings is 1. The van der Waals surface area contributed by atoms with Crippen LogP contribution in [0.25, 0.3) is 0 Å². The van der Waals surface area contributed by atoms with E-state index < -0.39 is 21.7 Å². The molecule has 32 heavy (non-hydrogen) atoms. The van der Waals surface area contributed by atoms with Gasteiger partial charge in [0.2, 0.25) is 5.91 Å². The largest absolute Gasteiger partial charge is 0.343 e. The molecule has 1 unspecified atom stereocenters. The molecule has 0 saturated carbocycles. The van der Waals surface area contributed by atoms with E-state index in [1.807, 2.05) is 26.0 Å². The molecule has 2 heterocycles. The Labute approximate surface area is 188 Å². The van der Waals surface area contributed by atoms with Gasteiger partial charge in [-0.15, -0.1) is 0 Å². The van der Waals surface area contributed by atoms with Gasteiger partial charge in [0.05, 0.1) is 17.5 Å². The SMILES string of the molecule is CC(C)(CCS(=O)(=O)O)N1CCC(C(=O)NC(c2ccc(F)cc2)c2ccccn2)CC1. The third kappa shape index (κ3) is 6.57. The summed E-state index contributed by atoms with van der Waals surface area (Å²) in [6.07, 6.45) is 3.25. The van der Waals surface area contributed by atoms with Gasteiger partial charge in [-0.25, -0.2) is 4.39 Å². The van der Waals surface area contributed by atoms with Crippen LogP contribution in [0.2, 0.25) is 0 Å². The van der Waals surface area contributed by atoms with Gasteiger partial charge in [-0.3, -0.25) is 19.2 Å². The molecule has 0 bridgehead atoms. The first-order chi connectivity index (χ1) is 15.0. The zero-order valence-corrected chi connectivity index (χ0v) is 19.2. The second-order valence-electron chi connectivity index (χ2n) is 8.86. The zero-order valence-electron chi connectivity index (χ0n) is 18.4. The van der Waals surface area contributed by atoms with Crippen LogP contribution in [-0.2, 0) is 14.9 Å². The summed E-state index contributed by atoms with van der Waals surface area (Å²) in [5.74, 6) is -0.899. The molecular formula is C23H30FN3O4S. The van der Waals surface area contributed by atoms with Gasteiger partial charge < -0.3 is 5.32 Å². The summed E-state index contributed by atoms with van der Waals surface area (Å²) in [6.45, 7) is 5.21. The Morgan fingerprint density at radius 1 is 1.22 bits per heavy atom. The standard InChI is InChI=1S/C23H30FN3O4S/c1-23(2,12-16-32(29,30)31)27-14-10-18(11-15-27)22(28)26-21(20-5-3-4-13-25-20)17-6-8-19(24)9-7-17/h3-9,13,18,21H,10-12,14-16H2,1-2H3,(H,26,28)(H,29,30,31). The topological polar surface area (TPSA) is 99.6 Å². The van der Waals surface area contributed by atoms with E-state index in [0.717, 1.165) is 5.56 Å². The Bertz CT molecular complexity index is 1010. The highest BCUT2D eigenvalue weighted by Crippen LogP contribution is 2.28. The van der Waals surface area contributed by atoms with Crippen molar-refractivity contribution in [1.82, 2.24) is 15.2 Å². The molecule has 2 N–H and O–H groups in total. The molecule has 1 atom stereocenters. The van der Waals surface area contributed by atoms with Gasteiger partial charge in [-0.05, 0) is 76.0 Å². The lowest BCUT2D eigenvalue weighted by atomic mass is 9.90. The summed E-state index contributed by atoms with van der Waals surface area (Å²) in [6, 6.07) is 11.0. The van der Waals surface area contributed by atoms with Crippen LogP contribution in [-0.4, -0.2) is 53.1 Å². The fourth-order valence-electron chi connectivity index (χ4n) is 4.07. The second kappa shape index (κ2) is 10.1. The molecule has 7 nitrogen and oxygen atoms in total. The number of halogens is 1. The van der Waals surface area contributed by atoms with Gasteiger partial charge in [0.25, 0.3) is 10.1 Å². The third-order valence-corrected chi connectivity index (χ3v) is 6.89. The van der Waals surface area contributed by atoms with Crippen molar-refractivity contribution in [2.24, 2.45) is 5.92 Å². The Morgan fingerprint density at radius 2 is 1.88 bits per heavy atom. The van der Waals surface area contributed by atoms with Crippen LogP contribution < -0.4 is 5.32 Å². The van der Waals surface area contributed by atoms with Crippen LogP contribution in [0.3, 0.4) is 0 Å². The molecule has 1 aromatic heterocycles. The maximum Gasteiger partial charge on any atom is 0.264 e. The number of carbonyl (C=O) groups is 1. The smallest absolute Gasteiger partial charge is 0.264 e. The van der Waals surface area contributed by atoms with Gasteiger partial charge in [-0.2, -0.15) is 8.42 Å². The zero-order chi connectivity index (χ0) is 23.4. The first-order valence-electron chi connectivity index (χ1n) is 10.7.